The van der Waals surface area contributed by atoms with Crippen LogP contribution < -0.4 is 5.32 Å². The Labute approximate surface area is 252 Å². The monoisotopic (exact) mass is 612 g/mol. The second kappa shape index (κ2) is 10.9. The zero-order chi connectivity index (χ0) is 31.2. The molecule has 6 rings (SSSR count). The van der Waals surface area contributed by atoms with Crippen LogP contribution >= 0.6 is 0 Å². The number of H-pyrrole nitrogens is 2. The number of fused-ring (bicyclic) bond motifs is 2. The average Bonchev–Trinajstić information content (AvgIpc) is 3.59. The summed E-state index contributed by atoms with van der Waals surface area (Å²) in [4.78, 5) is 33.7. The molecule has 44 heavy (non-hydrogen) atoms. The van der Waals surface area contributed by atoms with Crippen LogP contribution in [0.3, 0.4) is 0 Å². The summed E-state index contributed by atoms with van der Waals surface area (Å²) >= 11 is 0. The first kappa shape index (κ1) is 29.1. The van der Waals surface area contributed by atoms with Gasteiger partial charge in [-0.3, -0.25) is 14.9 Å². The largest absolute Gasteiger partial charge is 0.335 e. The van der Waals surface area contributed by atoms with E-state index < -0.39 is 21.1 Å². The number of amides is 1. The number of nitrogens with zero attached hydrogens (tertiary/aromatic N) is 5. The van der Waals surface area contributed by atoms with Crippen LogP contribution in [-0.4, -0.2) is 61.5 Å². The summed E-state index contributed by atoms with van der Waals surface area (Å²) in [7, 11) is -3.20. The lowest BCUT2D eigenvalue weighted by Gasteiger charge is -2.17. The zero-order valence-electron chi connectivity index (χ0n) is 24.4. The highest BCUT2D eigenvalue weighted by molar-refractivity contribution is 7.90. The Morgan fingerprint density at radius 1 is 0.977 bits per heavy atom. The summed E-state index contributed by atoms with van der Waals surface area (Å²) in [5.74, 6) is -0.210. The van der Waals surface area contributed by atoms with Crippen LogP contribution in [0.5, 0.6) is 0 Å². The fourth-order valence-electron chi connectivity index (χ4n) is 4.75. The molecule has 0 unspecified atom stereocenters. The minimum absolute atomic E-state index is 0.0787. The van der Waals surface area contributed by atoms with E-state index in [1.54, 1.807) is 36.9 Å². The standard InChI is InChI=1S/C31H29FN8O3S/c1-31(2,3)30(41)36-22-12-19(14-33-16-22)20-13-24-26(39-40-27(24)35-15-20)29-37-25-23(5-7-34-28(25)38-29)18-9-17(10-21(32)11-18)6-8-44(4,42)43/h5,7,9-16H,6,8H2,1-4H3,(H,36,41)(H,34,37,38)(H,35,39,40). The van der Waals surface area contributed by atoms with Gasteiger partial charge < -0.3 is 10.3 Å². The second-order valence-corrected chi connectivity index (χ2v) is 14.0. The number of halogens is 1. The highest BCUT2D eigenvalue weighted by Gasteiger charge is 2.22. The molecule has 5 heterocycles. The van der Waals surface area contributed by atoms with Crippen LogP contribution in [0.1, 0.15) is 26.3 Å². The predicted molar refractivity (Wildman–Crippen MR) is 167 cm³/mol. The third-order valence-electron chi connectivity index (χ3n) is 7.08. The van der Waals surface area contributed by atoms with Crippen molar-refractivity contribution in [1.82, 2.24) is 35.1 Å². The summed E-state index contributed by atoms with van der Waals surface area (Å²) in [5, 5.41) is 10.9. The van der Waals surface area contributed by atoms with Crippen LogP contribution in [-0.2, 0) is 21.1 Å². The second-order valence-electron chi connectivity index (χ2n) is 11.7. The Kier molecular flexibility index (Phi) is 7.20. The molecule has 0 spiro atoms. The molecule has 13 heteroatoms. The number of carbonyl (C=O) groups excluding carboxylic acids is 1. The molecule has 6 aromatic rings. The van der Waals surface area contributed by atoms with Gasteiger partial charge in [0.1, 0.15) is 21.3 Å². The third kappa shape index (κ3) is 6.04. The van der Waals surface area contributed by atoms with Crippen molar-refractivity contribution in [2.24, 2.45) is 5.41 Å². The lowest BCUT2D eigenvalue weighted by atomic mass is 9.95. The van der Waals surface area contributed by atoms with Crippen molar-refractivity contribution < 1.29 is 17.6 Å². The third-order valence-corrected chi connectivity index (χ3v) is 8.02. The number of benzene rings is 1. The van der Waals surface area contributed by atoms with Crippen molar-refractivity contribution in [3.63, 3.8) is 0 Å². The van der Waals surface area contributed by atoms with Gasteiger partial charge in [0, 0.05) is 47.0 Å². The number of imidazole rings is 1. The van der Waals surface area contributed by atoms with Crippen LogP contribution in [0.4, 0.5) is 10.1 Å². The molecule has 1 amide bonds. The maximum absolute atomic E-state index is 14.6. The lowest BCUT2D eigenvalue weighted by Crippen LogP contribution is -2.27. The van der Waals surface area contributed by atoms with Gasteiger partial charge in [0.15, 0.2) is 17.1 Å². The topological polar surface area (TPSA) is 159 Å². The molecule has 0 saturated heterocycles. The molecule has 0 aliphatic heterocycles. The van der Waals surface area contributed by atoms with E-state index in [9.17, 15) is 17.6 Å². The molecule has 0 bridgehead atoms. The first-order valence-corrected chi connectivity index (χ1v) is 15.8. The molecule has 5 aromatic heterocycles. The van der Waals surface area contributed by atoms with Gasteiger partial charge in [-0.1, -0.05) is 26.8 Å². The van der Waals surface area contributed by atoms with E-state index in [1.165, 1.54) is 12.1 Å². The fraction of sp³-hybridized carbons (Fsp3) is 0.226. The molecular formula is C31H29FN8O3S. The first-order chi connectivity index (χ1) is 20.8. The van der Waals surface area contributed by atoms with Gasteiger partial charge in [0.05, 0.1) is 28.5 Å². The summed E-state index contributed by atoms with van der Waals surface area (Å²) in [6, 6.07) is 10.0. The number of aryl methyl sites for hydroxylation is 1. The number of aromatic nitrogens is 7. The smallest absolute Gasteiger partial charge is 0.229 e. The molecule has 1 aromatic carbocycles. The maximum atomic E-state index is 14.6. The van der Waals surface area contributed by atoms with Crippen LogP contribution in [0.2, 0.25) is 0 Å². The fourth-order valence-corrected chi connectivity index (χ4v) is 5.35. The molecule has 0 atom stereocenters. The molecule has 0 saturated carbocycles. The molecule has 0 aliphatic carbocycles. The predicted octanol–water partition coefficient (Wildman–Crippen LogP) is 5.34. The van der Waals surface area contributed by atoms with Crippen molar-refractivity contribution in [1.29, 1.82) is 0 Å². The van der Waals surface area contributed by atoms with E-state index in [0.717, 1.165) is 17.4 Å². The van der Waals surface area contributed by atoms with Gasteiger partial charge in [-0.2, -0.15) is 5.10 Å². The van der Waals surface area contributed by atoms with E-state index in [2.05, 4.69) is 40.4 Å². The lowest BCUT2D eigenvalue weighted by molar-refractivity contribution is -0.123. The molecule has 0 fully saturated rings. The van der Waals surface area contributed by atoms with Gasteiger partial charge in [0.25, 0.3) is 0 Å². The molecule has 3 N–H and O–H groups in total. The molecule has 0 radical (unpaired) electrons. The van der Waals surface area contributed by atoms with Crippen molar-refractivity contribution in [2.75, 3.05) is 17.3 Å². The van der Waals surface area contributed by atoms with Crippen molar-refractivity contribution in [3.05, 3.63) is 72.6 Å². The van der Waals surface area contributed by atoms with Crippen molar-refractivity contribution in [2.45, 2.75) is 27.2 Å². The minimum Gasteiger partial charge on any atom is -0.335 e. The van der Waals surface area contributed by atoms with Gasteiger partial charge in [-0.25, -0.2) is 27.8 Å². The zero-order valence-corrected chi connectivity index (χ0v) is 25.3. The SMILES string of the molecule is CC(C)(C)C(=O)Nc1cncc(-c2cnc3n[nH]c(-c4nc5nccc(-c6cc(F)cc(CCS(C)(=O)=O)c6)c5[nH]4)c3c2)c1. The van der Waals surface area contributed by atoms with E-state index in [1.807, 2.05) is 32.9 Å². The van der Waals surface area contributed by atoms with Gasteiger partial charge in [-0.05, 0) is 47.9 Å². The quantitative estimate of drug-likeness (QED) is 0.218. The highest BCUT2D eigenvalue weighted by atomic mass is 32.2. The number of hydrogen-bond donors (Lipinski definition) is 3. The Balaban J connectivity index is 1.37. The number of sulfone groups is 1. The van der Waals surface area contributed by atoms with E-state index >= 15 is 0 Å². The number of carbonyl (C=O) groups is 1. The van der Waals surface area contributed by atoms with Crippen molar-refractivity contribution >= 4 is 43.6 Å². The molecule has 0 aliphatic rings. The Morgan fingerprint density at radius 3 is 2.55 bits per heavy atom. The average molecular weight is 613 g/mol. The number of nitrogens with one attached hydrogen (secondary N) is 3. The highest BCUT2D eigenvalue weighted by Crippen LogP contribution is 2.33. The number of anilines is 1. The van der Waals surface area contributed by atoms with Crippen LogP contribution in [0.25, 0.3) is 56.0 Å². The molecule has 224 valence electrons. The number of rotatable bonds is 7. The number of hydrogen-bond acceptors (Lipinski definition) is 8. The Bertz CT molecular complexity index is 2170. The summed E-state index contributed by atoms with van der Waals surface area (Å²) in [6.45, 7) is 5.52. The molecule has 11 nitrogen and oxygen atoms in total. The van der Waals surface area contributed by atoms with E-state index in [0.29, 0.717) is 56.1 Å². The summed E-state index contributed by atoms with van der Waals surface area (Å²) < 4.78 is 38.0. The Morgan fingerprint density at radius 2 is 1.77 bits per heavy atom. The molecular weight excluding hydrogens is 583 g/mol. The number of pyridine rings is 3. The van der Waals surface area contributed by atoms with Crippen molar-refractivity contribution in [3.8, 4) is 33.8 Å². The van der Waals surface area contributed by atoms with Gasteiger partial charge in [0.2, 0.25) is 5.91 Å². The Hall–Kier alpha value is -5.04. The normalized spacial score (nSPS) is 12.2. The van der Waals surface area contributed by atoms with E-state index in [4.69, 9.17) is 0 Å². The number of aromatic amines is 2. The van der Waals surface area contributed by atoms with Crippen LogP contribution in [0, 0.1) is 11.2 Å². The summed E-state index contributed by atoms with van der Waals surface area (Å²) in [6.07, 6.45) is 7.91. The minimum atomic E-state index is -3.20. The maximum Gasteiger partial charge on any atom is 0.229 e. The first-order valence-electron chi connectivity index (χ1n) is 13.8. The van der Waals surface area contributed by atoms with Crippen LogP contribution in [0.15, 0.2) is 61.2 Å². The van der Waals surface area contributed by atoms with E-state index in [-0.39, 0.29) is 18.1 Å². The summed E-state index contributed by atoms with van der Waals surface area (Å²) in [5.41, 5.74) is 5.39. The van der Waals surface area contributed by atoms with Gasteiger partial charge in [-0.15, -0.1) is 0 Å². The van der Waals surface area contributed by atoms with Gasteiger partial charge >= 0.3 is 0 Å².